The summed E-state index contributed by atoms with van der Waals surface area (Å²) < 4.78 is 0. The Kier molecular flexibility index (Phi) is 6.30. The molecule has 3 heteroatoms. The van der Waals surface area contributed by atoms with E-state index in [0.29, 0.717) is 0 Å². The van der Waals surface area contributed by atoms with Gasteiger partial charge in [-0.05, 0) is 43.1 Å². The largest absolute Gasteiger partial charge is 0.478 e. The van der Waals surface area contributed by atoms with Crippen LogP contribution in [0.5, 0.6) is 0 Å². The van der Waals surface area contributed by atoms with Gasteiger partial charge in [0, 0.05) is 12.6 Å². The third-order valence-electron chi connectivity index (χ3n) is 2.94. The van der Waals surface area contributed by atoms with E-state index in [1.807, 2.05) is 24.3 Å². The molecule has 0 aliphatic heterocycles. The molecule has 104 valence electrons. The molecule has 0 atom stereocenters. The third-order valence-corrected chi connectivity index (χ3v) is 2.94. The van der Waals surface area contributed by atoms with Crippen LogP contribution < -0.4 is 0 Å². The maximum Gasteiger partial charge on any atom is 0.328 e. The molecular weight excluding hydrogens is 238 g/mol. The van der Waals surface area contributed by atoms with Crippen molar-refractivity contribution in [2.45, 2.75) is 26.8 Å². The lowest BCUT2D eigenvalue weighted by molar-refractivity contribution is -0.131. The molecule has 1 aromatic carbocycles. The lowest BCUT2D eigenvalue weighted by Crippen LogP contribution is -2.20. The third kappa shape index (κ3) is 6.77. The van der Waals surface area contributed by atoms with Crippen LogP contribution in [0.15, 0.2) is 30.3 Å². The van der Waals surface area contributed by atoms with Gasteiger partial charge in [0.2, 0.25) is 0 Å². The second-order valence-corrected chi connectivity index (χ2v) is 5.33. The van der Waals surface area contributed by atoms with E-state index in [1.165, 1.54) is 12.0 Å². The topological polar surface area (TPSA) is 40.5 Å². The van der Waals surface area contributed by atoms with Gasteiger partial charge in [0.25, 0.3) is 0 Å². The van der Waals surface area contributed by atoms with E-state index in [9.17, 15) is 4.79 Å². The summed E-state index contributed by atoms with van der Waals surface area (Å²) in [5.74, 6) is -0.191. The number of carboxylic acid groups (broad SMARTS) is 1. The highest BCUT2D eigenvalue weighted by Crippen LogP contribution is 2.09. The zero-order valence-corrected chi connectivity index (χ0v) is 12.0. The van der Waals surface area contributed by atoms with Crippen molar-refractivity contribution < 1.29 is 9.90 Å². The van der Waals surface area contributed by atoms with Crippen LogP contribution in [0.2, 0.25) is 0 Å². The molecule has 0 saturated heterocycles. The molecule has 0 heterocycles. The van der Waals surface area contributed by atoms with Gasteiger partial charge in [-0.3, -0.25) is 0 Å². The van der Waals surface area contributed by atoms with Gasteiger partial charge >= 0.3 is 5.97 Å². The van der Waals surface area contributed by atoms with Crippen molar-refractivity contribution in [1.82, 2.24) is 4.90 Å². The van der Waals surface area contributed by atoms with Crippen molar-refractivity contribution in [2.24, 2.45) is 5.92 Å². The molecule has 19 heavy (non-hydrogen) atoms. The summed E-state index contributed by atoms with van der Waals surface area (Å²) in [5.41, 5.74) is 2.16. The highest BCUT2D eigenvalue weighted by molar-refractivity contribution is 5.85. The number of carboxylic acids is 1. The zero-order valence-electron chi connectivity index (χ0n) is 12.0. The lowest BCUT2D eigenvalue weighted by Gasteiger charge is -2.17. The Balaban J connectivity index is 2.50. The van der Waals surface area contributed by atoms with Gasteiger partial charge < -0.3 is 10.0 Å². The Morgan fingerprint density at radius 3 is 2.47 bits per heavy atom. The smallest absolute Gasteiger partial charge is 0.328 e. The van der Waals surface area contributed by atoms with Gasteiger partial charge in [-0.15, -0.1) is 0 Å². The molecular formula is C16H23NO2. The fourth-order valence-electron chi connectivity index (χ4n) is 1.77. The first kappa shape index (κ1) is 15.4. The van der Waals surface area contributed by atoms with E-state index >= 15 is 0 Å². The van der Waals surface area contributed by atoms with E-state index in [0.717, 1.165) is 30.6 Å². The monoisotopic (exact) mass is 261 g/mol. The van der Waals surface area contributed by atoms with Crippen molar-refractivity contribution in [2.75, 3.05) is 13.6 Å². The fourth-order valence-corrected chi connectivity index (χ4v) is 1.77. The number of aliphatic carboxylic acids is 1. The average Bonchev–Trinajstić information content (AvgIpc) is 2.35. The highest BCUT2D eigenvalue weighted by Gasteiger charge is 2.02. The van der Waals surface area contributed by atoms with E-state index in [2.05, 4.69) is 25.8 Å². The maximum absolute atomic E-state index is 10.4. The van der Waals surface area contributed by atoms with Crippen molar-refractivity contribution in [3.63, 3.8) is 0 Å². The SMILES string of the molecule is CC(C)CCN(C)Cc1ccc(/C=C/C(=O)O)cc1. The van der Waals surface area contributed by atoms with Gasteiger partial charge in [0.05, 0.1) is 0 Å². The molecule has 0 amide bonds. The van der Waals surface area contributed by atoms with Crippen LogP contribution in [-0.2, 0) is 11.3 Å². The number of benzene rings is 1. The summed E-state index contributed by atoms with van der Waals surface area (Å²) in [6.07, 6.45) is 3.97. The van der Waals surface area contributed by atoms with Gasteiger partial charge in [-0.1, -0.05) is 38.1 Å². The maximum atomic E-state index is 10.4. The van der Waals surface area contributed by atoms with Gasteiger partial charge in [0.15, 0.2) is 0 Å². The number of carbonyl (C=O) groups is 1. The number of rotatable bonds is 7. The fraction of sp³-hybridized carbons (Fsp3) is 0.438. The van der Waals surface area contributed by atoms with Gasteiger partial charge in [-0.25, -0.2) is 4.79 Å². The molecule has 0 aromatic heterocycles. The molecule has 0 aliphatic carbocycles. The summed E-state index contributed by atoms with van der Waals surface area (Å²) >= 11 is 0. The Labute approximate surface area is 115 Å². The normalized spacial score (nSPS) is 11.6. The molecule has 3 nitrogen and oxygen atoms in total. The van der Waals surface area contributed by atoms with E-state index in [-0.39, 0.29) is 0 Å². The minimum absolute atomic E-state index is 0.728. The minimum atomic E-state index is -0.919. The van der Waals surface area contributed by atoms with Crippen molar-refractivity contribution in [3.05, 3.63) is 41.5 Å². The number of hydrogen-bond acceptors (Lipinski definition) is 2. The molecule has 0 saturated carbocycles. The van der Waals surface area contributed by atoms with Crippen LogP contribution in [-0.4, -0.2) is 29.6 Å². The van der Waals surface area contributed by atoms with E-state index in [1.54, 1.807) is 6.08 Å². The molecule has 1 rings (SSSR count). The zero-order chi connectivity index (χ0) is 14.3. The summed E-state index contributed by atoms with van der Waals surface area (Å²) in [6.45, 7) is 6.49. The predicted molar refractivity (Wildman–Crippen MR) is 78.9 cm³/mol. The first-order valence-corrected chi connectivity index (χ1v) is 6.66. The molecule has 0 radical (unpaired) electrons. The molecule has 0 fully saturated rings. The Hall–Kier alpha value is -1.61. The molecule has 0 spiro atoms. The van der Waals surface area contributed by atoms with Crippen LogP contribution >= 0.6 is 0 Å². The Morgan fingerprint density at radius 1 is 1.32 bits per heavy atom. The van der Waals surface area contributed by atoms with Crippen LogP contribution in [0, 0.1) is 5.92 Å². The summed E-state index contributed by atoms with van der Waals surface area (Å²) in [5, 5.41) is 8.56. The van der Waals surface area contributed by atoms with Crippen LogP contribution in [0.3, 0.4) is 0 Å². The molecule has 1 N–H and O–H groups in total. The predicted octanol–water partition coefficient (Wildman–Crippen LogP) is 3.26. The van der Waals surface area contributed by atoms with Crippen molar-refractivity contribution in [3.8, 4) is 0 Å². The van der Waals surface area contributed by atoms with Crippen LogP contribution in [0.4, 0.5) is 0 Å². The van der Waals surface area contributed by atoms with E-state index < -0.39 is 5.97 Å². The lowest BCUT2D eigenvalue weighted by atomic mass is 10.1. The molecule has 0 aliphatic rings. The minimum Gasteiger partial charge on any atom is -0.478 e. The van der Waals surface area contributed by atoms with Gasteiger partial charge in [-0.2, -0.15) is 0 Å². The van der Waals surface area contributed by atoms with Crippen LogP contribution in [0.1, 0.15) is 31.4 Å². The van der Waals surface area contributed by atoms with Crippen LogP contribution in [0.25, 0.3) is 6.08 Å². The first-order chi connectivity index (χ1) is 8.97. The Morgan fingerprint density at radius 2 is 1.95 bits per heavy atom. The number of hydrogen-bond donors (Lipinski definition) is 1. The van der Waals surface area contributed by atoms with Gasteiger partial charge in [0.1, 0.15) is 0 Å². The standard InChI is InChI=1S/C16H23NO2/c1-13(2)10-11-17(3)12-15-6-4-14(5-7-15)8-9-16(18)19/h4-9,13H,10-12H2,1-3H3,(H,18,19)/b9-8+. The van der Waals surface area contributed by atoms with E-state index in [4.69, 9.17) is 5.11 Å². The second kappa shape index (κ2) is 7.74. The van der Waals surface area contributed by atoms with Crippen molar-refractivity contribution in [1.29, 1.82) is 0 Å². The highest BCUT2D eigenvalue weighted by atomic mass is 16.4. The Bertz CT molecular complexity index is 421. The second-order valence-electron chi connectivity index (χ2n) is 5.33. The molecule has 1 aromatic rings. The average molecular weight is 261 g/mol. The molecule has 0 unspecified atom stereocenters. The number of nitrogens with zero attached hydrogens (tertiary/aromatic N) is 1. The quantitative estimate of drug-likeness (QED) is 0.766. The van der Waals surface area contributed by atoms with Crippen molar-refractivity contribution >= 4 is 12.0 Å². The summed E-state index contributed by atoms with van der Waals surface area (Å²) in [7, 11) is 2.13. The first-order valence-electron chi connectivity index (χ1n) is 6.66. The summed E-state index contributed by atoms with van der Waals surface area (Å²) in [4.78, 5) is 12.7. The summed E-state index contributed by atoms with van der Waals surface area (Å²) in [6, 6.07) is 8.00. The molecule has 0 bridgehead atoms.